The molecule has 25 heavy (non-hydrogen) atoms. The van der Waals surface area contributed by atoms with Gasteiger partial charge in [-0.2, -0.15) is 0 Å². The molecule has 7 heteroatoms. The Bertz CT molecular complexity index is 970. The summed E-state index contributed by atoms with van der Waals surface area (Å²) in [6.45, 7) is 0.544. The van der Waals surface area contributed by atoms with E-state index in [4.69, 9.17) is 9.47 Å². The Balaban J connectivity index is 1.60. The minimum atomic E-state index is -0.299. The molecule has 1 aromatic heterocycles. The van der Waals surface area contributed by atoms with E-state index in [1.165, 1.54) is 16.7 Å². The van der Waals surface area contributed by atoms with Crippen molar-refractivity contribution >= 4 is 5.82 Å². The summed E-state index contributed by atoms with van der Waals surface area (Å²) in [6.07, 6.45) is 3.13. The van der Waals surface area contributed by atoms with Gasteiger partial charge in [-0.15, -0.1) is 0 Å². The van der Waals surface area contributed by atoms with Crippen LogP contribution in [0.3, 0.4) is 0 Å². The third-order valence-electron chi connectivity index (χ3n) is 3.85. The van der Waals surface area contributed by atoms with Gasteiger partial charge in [0.25, 0.3) is 5.56 Å². The van der Waals surface area contributed by atoms with Gasteiger partial charge in [0.05, 0.1) is 5.69 Å². The number of ether oxygens (including phenoxy) is 2. The zero-order valence-electron chi connectivity index (χ0n) is 13.1. The van der Waals surface area contributed by atoms with Crippen molar-refractivity contribution < 1.29 is 13.9 Å². The van der Waals surface area contributed by atoms with Crippen LogP contribution in [0.25, 0.3) is 5.69 Å². The number of halogens is 1. The summed E-state index contributed by atoms with van der Waals surface area (Å²) >= 11 is 0. The van der Waals surface area contributed by atoms with Gasteiger partial charge in [0, 0.05) is 25.0 Å². The second kappa shape index (κ2) is 6.27. The van der Waals surface area contributed by atoms with E-state index >= 15 is 0 Å². The van der Waals surface area contributed by atoms with Crippen molar-refractivity contribution in [3.05, 3.63) is 76.6 Å². The number of nitrogens with zero attached hydrogens (tertiary/aromatic N) is 2. The van der Waals surface area contributed by atoms with E-state index in [1.54, 1.807) is 42.7 Å². The molecular weight excluding hydrogens is 325 g/mol. The number of benzene rings is 2. The number of fused-ring (bicyclic) bond motifs is 1. The van der Waals surface area contributed by atoms with Crippen LogP contribution in [-0.2, 0) is 6.54 Å². The van der Waals surface area contributed by atoms with Gasteiger partial charge < -0.3 is 14.8 Å². The van der Waals surface area contributed by atoms with Crippen molar-refractivity contribution in [2.75, 3.05) is 12.1 Å². The minimum absolute atomic E-state index is 0.175. The SMILES string of the molecule is O=c1c(NCc2ccc(F)cc2)nccn1-c1ccc2c(c1)OCO2. The molecule has 1 aliphatic heterocycles. The number of aromatic nitrogens is 2. The fraction of sp³-hybridized carbons (Fsp3) is 0.111. The largest absolute Gasteiger partial charge is 0.454 e. The third kappa shape index (κ3) is 3.03. The lowest BCUT2D eigenvalue weighted by molar-refractivity contribution is 0.174. The lowest BCUT2D eigenvalue weighted by Gasteiger charge is -2.10. The lowest BCUT2D eigenvalue weighted by atomic mass is 10.2. The van der Waals surface area contributed by atoms with Crippen LogP contribution in [0.5, 0.6) is 11.5 Å². The molecular formula is C18H14FN3O3. The quantitative estimate of drug-likeness (QED) is 0.792. The van der Waals surface area contributed by atoms with E-state index < -0.39 is 0 Å². The predicted molar refractivity (Wildman–Crippen MR) is 89.7 cm³/mol. The molecule has 0 saturated carbocycles. The fourth-order valence-electron chi connectivity index (χ4n) is 2.56. The maximum atomic E-state index is 12.9. The smallest absolute Gasteiger partial charge is 0.297 e. The molecule has 2 aromatic carbocycles. The lowest BCUT2D eigenvalue weighted by Crippen LogP contribution is -2.23. The molecule has 0 atom stereocenters. The summed E-state index contributed by atoms with van der Waals surface area (Å²) in [4.78, 5) is 16.7. The Morgan fingerprint density at radius 1 is 1.12 bits per heavy atom. The molecule has 0 unspecified atom stereocenters. The number of nitrogens with one attached hydrogen (secondary N) is 1. The van der Waals surface area contributed by atoms with Crippen LogP contribution in [0, 0.1) is 5.82 Å². The number of hydrogen-bond acceptors (Lipinski definition) is 5. The molecule has 0 bridgehead atoms. The molecule has 1 aliphatic rings. The van der Waals surface area contributed by atoms with Gasteiger partial charge in [-0.1, -0.05) is 12.1 Å². The molecule has 0 saturated heterocycles. The summed E-state index contributed by atoms with van der Waals surface area (Å²) in [6, 6.07) is 11.3. The molecule has 3 aromatic rings. The van der Waals surface area contributed by atoms with E-state index in [-0.39, 0.29) is 24.0 Å². The van der Waals surface area contributed by atoms with Crippen molar-refractivity contribution in [2.24, 2.45) is 0 Å². The number of anilines is 1. The van der Waals surface area contributed by atoms with Crippen molar-refractivity contribution in [2.45, 2.75) is 6.54 Å². The van der Waals surface area contributed by atoms with Gasteiger partial charge in [0.2, 0.25) is 6.79 Å². The number of rotatable bonds is 4. The van der Waals surface area contributed by atoms with Crippen LogP contribution in [0.4, 0.5) is 10.2 Å². The third-order valence-corrected chi connectivity index (χ3v) is 3.85. The summed E-state index contributed by atoms with van der Waals surface area (Å²) in [5, 5.41) is 2.99. The van der Waals surface area contributed by atoms with E-state index in [0.717, 1.165) is 5.56 Å². The second-order valence-corrected chi connectivity index (χ2v) is 5.47. The first-order valence-electron chi connectivity index (χ1n) is 7.67. The van der Waals surface area contributed by atoms with Crippen molar-refractivity contribution in [3.63, 3.8) is 0 Å². The summed E-state index contributed by atoms with van der Waals surface area (Å²) in [5.74, 6) is 1.17. The average molecular weight is 339 g/mol. The molecule has 0 spiro atoms. The molecule has 126 valence electrons. The van der Waals surface area contributed by atoms with Gasteiger partial charge >= 0.3 is 0 Å². The van der Waals surface area contributed by atoms with Gasteiger partial charge in [-0.05, 0) is 29.8 Å². The maximum absolute atomic E-state index is 12.9. The first kappa shape index (κ1) is 15.2. The van der Waals surface area contributed by atoms with Crippen LogP contribution in [-0.4, -0.2) is 16.3 Å². The summed E-state index contributed by atoms with van der Waals surface area (Å²) < 4.78 is 25.0. The van der Waals surface area contributed by atoms with Gasteiger partial charge in [0.1, 0.15) is 5.82 Å². The normalized spacial score (nSPS) is 12.2. The van der Waals surface area contributed by atoms with E-state index in [9.17, 15) is 9.18 Å². The predicted octanol–water partition coefficient (Wildman–Crippen LogP) is 2.71. The molecule has 2 heterocycles. The van der Waals surface area contributed by atoms with E-state index in [0.29, 0.717) is 23.7 Å². The zero-order chi connectivity index (χ0) is 17.2. The van der Waals surface area contributed by atoms with Gasteiger partial charge in [-0.3, -0.25) is 9.36 Å². The highest BCUT2D eigenvalue weighted by molar-refractivity contribution is 5.50. The molecule has 1 N–H and O–H groups in total. The number of hydrogen-bond donors (Lipinski definition) is 1. The van der Waals surface area contributed by atoms with Crippen LogP contribution in [0.1, 0.15) is 5.56 Å². The second-order valence-electron chi connectivity index (χ2n) is 5.47. The highest BCUT2D eigenvalue weighted by Crippen LogP contribution is 2.33. The Morgan fingerprint density at radius 3 is 2.76 bits per heavy atom. The zero-order valence-corrected chi connectivity index (χ0v) is 13.1. The Morgan fingerprint density at radius 2 is 1.92 bits per heavy atom. The van der Waals surface area contributed by atoms with Crippen LogP contribution in [0.15, 0.2) is 59.7 Å². The van der Waals surface area contributed by atoms with Crippen molar-refractivity contribution in [1.82, 2.24) is 9.55 Å². The minimum Gasteiger partial charge on any atom is -0.454 e. The summed E-state index contributed by atoms with van der Waals surface area (Å²) in [7, 11) is 0. The van der Waals surface area contributed by atoms with E-state index in [2.05, 4.69) is 10.3 Å². The standard InChI is InChI=1S/C18H14FN3O3/c19-13-3-1-12(2-4-13)10-21-17-18(23)22(8-7-20-17)14-5-6-15-16(9-14)25-11-24-15/h1-9H,10-11H2,(H,20,21). The van der Waals surface area contributed by atoms with Crippen LogP contribution >= 0.6 is 0 Å². The van der Waals surface area contributed by atoms with Crippen LogP contribution < -0.4 is 20.3 Å². The van der Waals surface area contributed by atoms with Crippen LogP contribution in [0.2, 0.25) is 0 Å². The maximum Gasteiger partial charge on any atom is 0.297 e. The van der Waals surface area contributed by atoms with Crippen molar-refractivity contribution in [3.8, 4) is 17.2 Å². The average Bonchev–Trinajstić information content (AvgIpc) is 3.10. The molecule has 0 fully saturated rings. The Kier molecular flexibility index (Phi) is 3.81. The highest BCUT2D eigenvalue weighted by Gasteiger charge is 2.15. The molecule has 0 amide bonds. The monoisotopic (exact) mass is 339 g/mol. The summed E-state index contributed by atoms with van der Waals surface area (Å²) in [5.41, 5.74) is 1.21. The van der Waals surface area contributed by atoms with Gasteiger partial charge in [0.15, 0.2) is 17.3 Å². The highest BCUT2D eigenvalue weighted by atomic mass is 19.1. The van der Waals surface area contributed by atoms with E-state index in [1.807, 2.05) is 0 Å². The topological polar surface area (TPSA) is 65.4 Å². The molecule has 4 rings (SSSR count). The first-order valence-corrected chi connectivity index (χ1v) is 7.67. The first-order chi connectivity index (χ1) is 12.2. The molecule has 0 radical (unpaired) electrons. The molecule has 0 aliphatic carbocycles. The fourth-order valence-corrected chi connectivity index (χ4v) is 2.56. The van der Waals surface area contributed by atoms with Crippen molar-refractivity contribution in [1.29, 1.82) is 0 Å². The molecule has 6 nitrogen and oxygen atoms in total. The Hall–Kier alpha value is -3.35. The van der Waals surface area contributed by atoms with Gasteiger partial charge in [-0.25, -0.2) is 9.37 Å². The Labute approximate surface area is 142 Å².